The number of carbonyl (C=O) groups is 2. The molecule has 11 nitrogen and oxygen atoms in total. The summed E-state index contributed by atoms with van der Waals surface area (Å²) in [7, 11) is 0. The molecular formula is C32H24F4N6O5. The quantitative estimate of drug-likeness (QED) is 0.208. The maximum atomic E-state index is 14.8. The molecule has 0 aliphatic carbocycles. The molecule has 1 aliphatic rings. The lowest BCUT2D eigenvalue weighted by Gasteiger charge is -2.31. The highest BCUT2D eigenvalue weighted by atomic mass is 19.4. The van der Waals surface area contributed by atoms with E-state index in [2.05, 4.69) is 25.3 Å². The number of pyridine rings is 2. The van der Waals surface area contributed by atoms with E-state index in [9.17, 15) is 32.3 Å². The van der Waals surface area contributed by atoms with Crippen molar-refractivity contribution in [3.05, 3.63) is 102 Å². The maximum absolute atomic E-state index is 14.8. The van der Waals surface area contributed by atoms with Gasteiger partial charge in [-0.15, -0.1) is 0 Å². The van der Waals surface area contributed by atoms with E-state index in [1.54, 1.807) is 12.1 Å². The molecule has 1 unspecified atom stereocenters. The van der Waals surface area contributed by atoms with E-state index in [1.807, 2.05) is 0 Å². The van der Waals surface area contributed by atoms with Crippen molar-refractivity contribution in [2.45, 2.75) is 24.1 Å². The number of carbonyl (C=O) groups excluding carboxylic acids is 2. The molecule has 2 amide bonds. The average Bonchev–Trinajstić information content (AvgIpc) is 3.41. The molecule has 240 valence electrons. The second-order valence-corrected chi connectivity index (χ2v) is 11.0. The molecule has 0 radical (unpaired) electrons. The number of halogens is 4. The number of ether oxygens (including phenoxy) is 2. The Hall–Kier alpha value is -5.70. The van der Waals surface area contributed by atoms with E-state index >= 15 is 0 Å². The first-order chi connectivity index (χ1) is 22.3. The monoisotopic (exact) mass is 648 g/mol. The molecule has 15 heteroatoms. The van der Waals surface area contributed by atoms with Crippen molar-refractivity contribution in [2.24, 2.45) is 5.73 Å². The Morgan fingerprint density at radius 2 is 1.85 bits per heavy atom. The lowest BCUT2D eigenvalue weighted by atomic mass is 9.81. The number of fused-ring (bicyclic) bond motifs is 2. The topological polar surface area (TPSA) is 162 Å². The number of primary amides is 1. The van der Waals surface area contributed by atoms with Gasteiger partial charge in [-0.2, -0.15) is 13.2 Å². The second-order valence-electron chi connectivity index (χ2n) is 11.0. The van der Waals surface area contributed by atoms with Crippen molar-refractivity contribution in [3.63, 3.8) is 0 Å². The molecule has 0 fully saturated rings. The van der Waals surface area contributed by atoms with E-state index in [4.69, 9.17) is 15.2 Å². The fraction of sp³-hybridized carbons (Fsp3) is 0.188. The molecule has 5 aromatic rings. The predicted molar refractivity (Wildman–Crippen MR) is 158 cm³/mol. The fourth-order valence-electron chi connectivity index (χ4n) is 5.07. The lowest BCUT2D eigenvalue weighted by Crippen LogP contribution is -2.51. The van der Waals surface area contributed by atoms with E-state index < -0.39 is 47.1 Å². The average molecular weight is 649 g/mol. The number of hydrogen-bond acceptors (Lipinski definition) is 9. The Balaban J connectivity index is 1.40. The number of benzene rings is 2. The van der Waals surface area contributed by atoms with Gasteiger partial charge in [0, 0.05) is 40.7 Å². The summed E-state index contributed by atoms with van der Waals surface area (Å²) in [5.41, 5.74) is -0.571. The zero-order valence-corrected chi connectivity index (χ0v) is 24.4. The lowest BCUT2D eigenvalue weighted by molar-refractivity contribution is -0.265. The minimum atomic E-state index is -5.39. The van der Waals surface area contributed by atoms with Gasteiger partial charge in [0.25, 0.3) is 5.91 Å². The third kappa shape index (κ3) is 5.65. The van der Waals surface area contributed by atoms with Crippen molar-refractivity contribution in [3.8, 4) is 28.6 Å². The highest BCUT2D eigenvalue weighted by Gasteiger charge is 2.57. The molecule has 4 N–H and O–H groups in total. The van der Waals surface area contributed by atoms with Crippen LogP contribution in [0.1, 0.15) is 28.5 Å². The summed E-state index contributed by atoms with van der Waals surface area (Å²) in [6.07, 6.45) is 0.231. The Morgan fingerprint density at radius 3 is 2.53 bits per heavy atom. The predicted octanol–water partition coefficient (Wildman–Crippen LogP) is 4.33. The van der Waals surface area contributed by atoms with E-state index in [0.29, 0.717) is 10.9 Å². The number of aromatic nitrogens is 4. The van der Waals surface area contributed by atoms with Crippen LogP contribution in [0.25, 0.3) is 22.2 Å². The largest absolute Gasteiger partial charge is 0.489 e. The van der Waals surface area contributed by atoms with Crippen molar-refractivity contribution in [1.82, 2.24) is 25.3 Å². The zero-order valence-electron chi connectivity index (χ0n) is 24.4. The van der Waals surface area contributed by atoms with E-state index in [0.717, 1.165) is 18.2 Å². The zero-order chi connectivity index (χ0) is 33.6. The van der Waals surface area contributed by atoms with Crippen molar-refractivity contribution in [2.75, 3.05) is 13.2 Å². The van der Waals surface area contributed by atoms with Gasteiger partial charge in [-0.3, -0.25) is 19.6 Å². The molecule has 0 saturated carbocycles. The van der Waals surface area contributed by atoms with Crippen LogP contribution >= 0.6 is 0 Å². The number of aliphatic hydroxyl groups is 1. The molecule has 0 bridgehead atoms. The number of hydrogen-bond donors (Lipinski definition) is 3. The molecular weight excluding hydrogens is 624 g/mol. The van der Waals surface area contributed by atoms with Crippen LogP contribution in [0.5, 0.6) is 17.4 Å². The number of rotatable bonds is 8. The fourth-order valence-corrected chi connectivity index (χ4v) is 5.07. The van der Waals surface area contributed by atoms with Crippen LogP contribution in [0.4, 0.5) is 17.6 Å². The summed E-state index contributed by atoms with van der Waals surface area (Å²) in [6, 6.07) is 11.4. The summed E-state index contributed by atoms with van der Waals surface area (Å²) >= 11 is 0. The Morgan fingerprint density at radius 1 is 1.09 bits per heavy atom. The summed E-state index contributed by atoms with van der Waals surface area (Å²) in [5.74, 6) is -2.39. The van der Waals surface area contributed by atoms with Gasteiger partial charge in [-0.05, 0) is 55.5 Å². The van der Waals surface area contributed by atoms with Gasteiger partial charge in [0.05, 0.1) is 18.4 Å². The second kappa shape index (κ2) is 11.6. The first kappa shape index (κ1) is 31.3. The third-order valence-electron chi connectivity index (χ3n) is 7.82. The molecule has 3 aromatic heterocycles. The van der Waals surface area contributed by atoms with Crippen LogP contribution in [-0.2, 0) is 15.8 Å². The van der Waals surface area contributed by atoms with Crippen LogP contribution in [-0.4, -0.2) is 56.2 Å². The normalized spacial score (nSPS) is 17.0. The van der Waals surface area contributed by atoms with Gasteiger partial charge in [0.2, 0.25) is 17.4 Å². The minimum absolute atomic E-state index is 0.0457. The van der Waals surface area contributed by atoms with Crippen LogP contribution in [0.3, 0.4) is 0 Å². The minimum Gasteiger partial charge on any atom is -0.489 e. The van der Waals surface area contributed by atoms with Crippen LogP contribution in [0.2, 0.25) is 0 Å². The Bertz CT molecular complexity index is 2010. The van der Waals surface area contributed by atoms with Gasteiger partial charge < -0.3 is 25.6 Å². The first-order valence-corrected chi connectivity index (χ1v) is 13.9. The van der Waals surface area contributed by atoms with Gasteiger partial charge in [-0.1, -0.05) is 6.07 Å². The summed E-state index contributed by atoms with van der Waals surface area (Å²) < 4.78 is 69.5. The molecule has 2 aromatic carbocycles. The molecule has 6 rings (SSSR count). The Kier molecular flexibility index (Phi) is 7.71. The molecule has 4 heterocycles. The standard InChI is InChI=1S/C32H24F4N6O5/c1-30(29(37)44)16-46-27-21(30)13-23(42-26(27)17-4-6-20(33)7-5-17)31(45,32(34,35)36)15-41-28(43)19-11-18-3-2-8-40-25(18)22(12-19)47-24-14-38-9-10-39-24/h2-14,45H,15-16H2,1H3,(H2,37,44)(H,41,43)/t30-,31?/m0/s1. The molecule has 47 heavy (non-hydrogen) atoms. The number of nitrogens with two attached hydrogens (primary N) is 1. The smallest absolute Gasteiger partial charge is 0.424 e. The van der Waals surface area contributed by atoms with E-state index in [-0.39, 0.29) is 46.4 Å². The Labute approximate surface area is 263 Å². The van der Waals surface area contributed by atoms with Gasteiger partial charge in [0.15, 0.2) is 5.75 Å². The third-order valence-corrected chi connectivity index (χ3v) is 7.82. The van der Waals surface area contributed by atoms with Crippen molar-refractivity contribution in [1.29, 1.82) is 0 Å². The number of alkyl halides is 3. The first-order valence-electron chi connectivity index (χ1n) is 13.9. The van der Waals surface area contributed by atoms with Crippen LogP contribution in [0, 0.1) is 5.82 Å². The van der Waals surface area contributed by atoms with Gasteiger partial charge in [0.1, 0.15) is 34.8 Å². The van der Waals surface area contributed by atoms with Gasteiger partial charge >= 0.3 is 6.18 Å². The van der Waals surface area contributed by atoms with Crippen LogP contribution < -0.4 is 20.5 Å². The maximum Gasteiger partial charge on any atom is 0.424 e. The molecule has 0 spiro atoms. The SMILES string of the molecule is C[C@]1(C(N)=O)COc2c1cc(C(O)(CNC(=O)c1cc(Oc3cnccn3)c3ncccc3c1)C(F)(F)F)nc2-c1ccc(F)cc1. The number of amides is 2. The van der Waals surface area contributed by atoms with Crippen LogP contribution in [0.15, 0.2) is 79.4 Å². The highest BCUT2D eigenvalue weighted by molar-refractivity contribution is 6.00. The van der Waals surface area contributed by atoms with Crippen molar-refractivity contribution < 1.29 is 41.7 Å². The summed E-state index contributed by atoms with van der Waals surface area (Å²) in [5, 5.41) is 13.9. The summed E-state index contributed by atoms with van der Waals surface area (Å²) in [6.45, 7) is -0.319. The number of nitrogens with zero attached hydrogens (tertiary/aromatic N) is 4. The van der Waals surface area contributed by atoms with Crippen molar-refractivity contribution >= 4 is 22.7 Å². The molecule has 1 aliphatic heterocycles. The van der Waals surface area contributed by atoms with Gasteiger partial charge in [-0.25, -0.2) is 14.4 Å². The summed E-state index contributed by atoms with van der Waals surface area (Å²) in [4.78, 5) is 42.1. The van der Waals surface area contributed by atoms with E-state index in [1.165, 1.54) is 56.0 Å². The highest BCUT2D eigenvalue weighted by Crippen LogP contribution is 2.47. The molecule has 2 atom stereocenters. The number of nitrogens with one attached hydrogen (secondary N) is 1. The molecule has 0 saturated heterocycles.